The van der Waals surface area contributed by atoms with Crippen LogP contribution in [0.4, 0.5) is 0 Å². The first-order valence-electron chi connectivity index (χ1n) is 3.43. The third-order valence-electron chi connectivity index (χ3n) is 1.74. The van der Waals surface area contributed by atoms with E-state index in [-0.39, 0.29) is 0 Å². The molecular formula is C6H10O6. The van der Waals surface area contributed by atoms with Crippen molar-refractivity contribution < 1.29 is 30.0 Å². The molecule has 0 aromatic carbocycles. The summed E-state index contributed by atoms with van der Waals surface area (Å²) in [6.07, 6.45) is -5.93. The number of hydrogen-bond donors (Lipinski definition) is 4. The van der Waals surface area contributed by atoms with Crippen molar-refractivity contribution >= 4 is 5.97 Å². The zero-order valence-electron chi connectivity index (χ0n) is 6.12. The Labute approximate surface area is 68.0 Å². The lowest BCUT2D eigenvalue weighted by Gasteiger charge is -2.32. The van der Waals surface area contributed by atoms with Crippen molar-refractivity contribution in [2.75, 3.05) is 6.61 Å². The van der Waals surface area contributed by atoms with Gasteiger partial charge < -0.3 is 25.2 Å². The number of cyclic esters (lactones) is 1. The molecule has 1 fully saturated rings. The Morgan fingerprint density at radius 3 is 2.33 bits per heavy atom. The number of hydrogen-bond acceptors (Lipinski definition) is 6. The largest absolute Gasteiger partial charge is 0.455 e. The Hall–Kier alpha value is -0.690. The second kappa shape index (κ2) is 3.36. The van der Waals surface area contributed by atoms with Gasteiger partial charge in [-0.2, -0.15) is 0 Å². The third-order valence-corrected chi connectivity index (χ3v) is 1.74. The quantitative estimate of drug-likeness (QED) is 0.318. The molecule has 0 spiro atoms. The summed E-state index contributed by atoms with van der Waals surface area (Å²) in [7, 11) is 0. The van der Waals surface area contributed by atoms with Crippen molar-refractivity contribution in [2.24, 2.45) is 0 Å². The van der Waals surface area contributed by atoms with Crippen molar-refractivity contribution in [2.45, 2.75) is 24.4 Å². The minimum absolute atomic E-state index is 0.587. The zero-order valence-corrected chi connectivity index (χ0v) is 6.12. The van der Waals surface area contributed by atoms with Gasteiger partial charge in [0.15, 0.2) is 12.2 Å². The summed E-state index contributed by atoms with van der Waals surface area (Å²) in [4.78, 5) is 10.7. The smallest absolute Gasteiger partial charge is 0.338 e. The van der Waals surface area contributed by atoms with Gasteiger partial charge in [-0.3, -0.25) is 0 Å². The van der Waals surface area contributed by atoms with E-state index in [2.05, 4.69) is 4.74 Å². The van der Waals surface area contributed by atoms with E-state index in [1.54, 1.807) is 0 Å². The predicted octanol–water partition coefficient (Wildman–Crippen LogP) is -3.01. The van der Waals surface area contributed by atoms with Crippen molar-refractivity contribution in [3.05, 3.63) is 0 Å². The Morgan fingerprint density at radius 2 is 1.83 bits per heavy atom. The van der Waals surface area contributed by atoms with E-state index in [1.807, 2.05) is 0 Å². The summed E-state index contributed by atoms with van der Waals surface area (Å²) < 4.78 is 4.38. The maximum absolute atomic E-state index is 10.7. The summed E-state index contributed by atoms with van der Waals surface area (Å²) in [5.41, 5.74) is 0. The van der Waals surface area contributed by atoms with Gasteiger partial charge >= 0.3 is 5.97 Å². The van der Waals surface area contributed by atoms with Gasteiger partial charge in [-0.1, -0.05) is 0 Å². The van der Waals surface area contributed by atoms with E-state index < -0.39 is 37.0 Å². The lowest BCUT2D eigenvalue weighted by atomic mass is 10.0. The molecule has 0 aromatic heterocycles. The molecule has 6 nitrogen and oxygen atoms in total. The second-order valence-corrected chi connectivity index (χ2v) is 2.58. The van der Waals surface area contributed by atoms with Crippen LogP contribution in [0.1, 0.15) is 0 Å². The molecule has 12 heavy (non-hydrogen) atoms. The normalized spacial score (nSPS) is 42.5. The first kappa shape index (κ1) is 9.40. The molecule has 6 heteroatoms. The van der Waals surface area contributed by atoms with E-state index in [0.29, 0.717) is 0 Å². The van der Waals surface area contributed by atoms with E-state index in [0.717, 1.165) is 0 Å². The van der Waals surface area contributed by atoms with Crippen molar-refractivity contribution in [1.29, 1.82) is 0 Å². The Morgan fingerprint density at radius 1 is 1.25 bits per heavy atom. The molecule has 1 aliphatic rings. The van der Waals surface area contributed by atoms with E-state index in [9.17, 15) is 4.79 Å². The van der Waals surface area contributed by atoms with Crippen LogP contribution in [0.25, 0.3) is 0 Å². The number of esters is 1. The highest BCUT2D eigenvalue weighted by Gasteiger charge is 2.43. The molecule has 0 aliphatic carbocycles. The average molecular weight is 178 g/mol. The summed E-state index contributed by atoms with van der Waals surface area (Å²) in [5.74, 6) is -1.04. The highest BCUT2D eigenvalue weighted by molar-refractivity contribution is 5.76. The molecule has 1 saturated heterocycles. The van der Waals surface area contributed by atoms with E-state index >= 15 is 0 Å². The van der Waals surface area contributed by atoms with E-state index in [1.165, 1.54) is 0 Å². The average Bonchev–Trinajstić information content (AvgIpc) is 2.08. The molecule has 4 atom stereocenters. The second-order valence-electron chi connectivity index (χ2n) is 2.58. The Kier molecular flexibility index (Phi) is 2.63. The summed E-state index contributed by atoms with van der Waals surface area (Å²) >= 11 is 0. The molecular weight excluding hydrogens is 168 g/mol. The lowest BCUT2D eigenvalue weighted by molar-refractivity contribution is -0.206. The van der Waals surface area contributed by atoms with Crippen LogP contribution in [-0.4, -0.2) is 57.4 Å². The molecule has 1 aliphatic heterocycles. The molecule has 0 amide bonds. The molecule has 0 radical (unpaired) electrons. The highest BCUT2D eigenvalue weighted by atomic mass is 16.6. The van der Waals surface area contributed by atoms with Gasteiger partial charge in [0.2, 0.25) is 0 Å². The minimum atomic E-state index is -1.73. The highest BCUT2D eigenvalue weighted by Crippen LogP contribution is 2.15. The van der Waals surface area contributed by atoms with Gasteiger partial charge in [0.1, 0.15) is 12.2 Å². The van der Waals surface area contributed by atoms with Gasteiger partial charge in [-0.15, -0.1) is 0 Å². The van der Waals surface area contributed by atoms with Crippen molar-refractivity contribution in [3.63, 3.8) is 0 Å². The van der Waals surface area contributed by atoms with Gasteiger partial charge in [-0.25, -0.2) is 4.79 Å². The topological polar surface area (TPSA) is 107 Å². The fraction of sp³-hybridized carbons (Fsp3) is 0.833. The van der Waals surface area contributed by atoms with Crippen LogP contribution >= 0.6 is 0 Å². The number of aliphatic hydroxyl groups excluding tert-OH is 4. The molecule has 0 saturated carbocycles. The number of carbonyl (C=O) groups excluding carboxylic acids is 1. The molecule has 0 bridgehead atoms. The maximum atomic E-state index is 10.7. The number of aliphatic hydroxyl groups is 4. The molecule has 1 rings (SSSR count). The molecule has 4 N–H and O–H groups in total. The fourth-order valence-corrected chi connectivity index (χ4v) is 0.980. The zero-order chi connectivity index (χ0) is 9.30. The fourth-order valence-electron chi connectivity index (χ4n) is 0.980. The minimum Gasteiger partial charge on any atom is -0.455 e. The Balaban J connectivity index is 2.70. The summed E-state index contributed by atoms with van der Waals surface area (Å²) in [6, 6.07) is 0. The van der Waals surface area contributed by atoms with Crippen LogP contribution in [0, 0.1) is 0 Å². The standard InChI is InChI=1S/C6H10O6/c7-1-2-3(8)4(9)5(10)6(11)12-2/h2-5,7-10H,1H2/t2-,3+,4-,5+/m1/s1. The van der Waals surface area contributed by atoms with Crippen LogP contribution in [0.3, 0.4) is 0 Å². The summed E-state index contributed by atoms with van der Waals surface area (Å²) in [5, 5.41) is 35.5. The van der Waals surface area contributed by atoms with Gasteiger partial charge in [0.05, 0.1) is 6.61 Å². The number of rotatable bonds is 1. The Bertz CT molecular complexity index is 179. The molecule has 70 valence electrons. The first-order chi connectivity index (χ1) is 5.57. The van der Waals surface area contributed by atoms with Crippen LogP contribution in [0.5, 0.6) is 0 Å². The van der Waals surface area contributed by atoms with Crippen LogP contribution in [0.15, 0.2) is 0 Å². The van der Waals surface area contributed by atoms with Crippen LogP contribution in [0.2, 0.25) is 0 Å². The third kappa shape index (κ3) is 1.42. The van der Waals surface area contributed by atoms with Crippen molar-refractivity contribution in [3.8, 4) is 0 Å². The molecule has 0 aromatic rings. The van der Waals surface area contributed by atoms with Gasteiger partial charge in [0, 0.05) is 0 Å². The van der Waals surface area contributed by atoms with Crippen LogP contribution < -0.4 is 0 Å². The van der Waals surface area contributed by atoms with E-state index in [4.69, 9.17) is 20.4 Å². The van der Waals surface area contributed by atoms with Crippen LogP contribution in [-0.2, 0) is 9.53 Å². The number of carbonyl (C=O) groups is 1. The molecule has 0 unspecified atom stereocenters. The first-order valence-corrected chi connectivity index (χ1v) is 3.43. The SMILES string of the molecule is O=C1O[C@H](CO)[C@H](O)[C@@H](O)[C@@H]1O. The summed E-state index contributed by atoms with van der Waals surface area (Å²) in [6.45, 7) is -0.587. The van der Waals surface area contributed by atoms with Crippen molar-refractivity contribution in [1.82, 2.24) is 0 Å². The number of ether oxygens (including phenoxy) is 1. The lowest BCUT2D eigenvalue weighted by Crippen LogP contribution is -2.56. The van der Waals surface area contributed by atoms with Gasteiger partial charge in [0.25, 0.3) is 0 Å². The monoisotopic (exact) mass is 178 g/mol. The van der Waals surface area contributed by atoms with Gasteiger partial charge in [-0.05, 0) is 0 Å². The predicted molar refractivity (Wildman–Crippen MR) is 35.0 cm³/mol. The molecule has 1 heterocycles. The maximum Gasteiger partial charge on any atom is 0.338 e.